The van der Waals surface area contributed by atoms with E-state index >= 15 is 0 Å². The monoisotopic (exact) mass is 262 g/mol. The van der Waals surface area contributed by atoms with E-state index in [2.05, 4.69) is 28.8 Å². The van der Waals surface area contributed by atoms with Crippen molar-refractivity contribution >= 4 is 11.2 Å². The lowest BCUT2D eigenvalue weighted by Crippen LogP contribution is -2.35. The highest BCUT2D eigenvalue weighted by atomic mass is 16.5. The zero-order valence-corrected chi connectivity index (χ0v) is 11.9. The Balaban J connectivity index is 2.45. The molecule has 0 bridgehead atoms. The Morgan fingerprint density at radius 3 is 2.53 bits per heavy atom. The fraction of sp³-hybridized carbons (Fsp3) is 0.571. The second-order valence-electron chi connectivity index (χ2n) is 4.73. The minimum Gasteiger partial charge on any atom is -0.478 e. The van der Waals surface area contributed by atoms with Crippen LogP contribution in [0.4, 0.5) is 0 Å². The number of nitrogens with two attached hydrogens (primary N) is 1. The average molecular weight is 262 g/mol. The zero-order valence-electron chi connectivity index (χ0n) is 11.9. The van der Waals surface area contributed by atoms with Gasteiger partial charge in [-0.3, -0.25) is 0 Å². The second kappa shape index (κ2) is 5.57. The van der Waals surface area contributed by atoms with Crippen LogP contribution in [-0.2, 0) is 5.41 Å². The highest BCUT2D eigenvalue weighted by Gasteiger charge is 2.30. The molecule has 3 N–H and O–H groups in total. The van der Waals surface area contributed by atoms with Gasteiger partial charge in [0.05, 0.1) is 12.1 Å². The lowest BCUT2D eigenvalue weighted by Gasteiger charge is -2.27. The number of rotatable bonds is 6. The Morgan fingerprint density at radius 2 is 1.95 bits per heavy atom. The van der Waals surface area contributed by atoms with Crippen molar-refractivity contribution in [2.75, 3.05) is 13.2 Å². The topological polar surface area (TPSA) is 76.8 Å². The van der Waals surface area contributed by atoms with Crippen LogP contribution in [0.5, 0.6) is 5.88 Å². The van der Waals surface area contributed by atoms with E-state index in [4.69, 9.17) is 10.5 Å². The molecular formula is C14H22N4O. The van der Waals surface area contributed by atoms with Gasteiger partial charge in [-0.15, -0.1) is 0 Å². The summed E-state index contributed by atoms with van der Waals surface area (Å²) in [6, 6.07) is 3.81. The number of H-pyrrole nitrogens is 1. The van der Waals surface area contributed by atoms with Gasteiger partial charge in [-0.1, -0.05) is 13.8 Å². The quantitative estimate of drug-likeness (QED) is 0.838. The first-order chi connectivity index (χ1) is 9.19. The lowest BCUT2D eigenvalue weighted by molar-refractivity contribution is 0.328. The molecule has 0 unspecified atom stereocenters. The SMILES string of the molecule is CCOc1ccc2[nH]c(C(CC)(CC)CN)nc2n1. The van der Waals surface area contributed by atoms with Crippen molar-refractivity contribution < 1.29 is 4.74 Å². The molecule has 0 aliphatic heterocycles. The van der Waals surface area contributed by atoms with Gasteiger partial charge in [0, 0.05) is 18.0 Å². The van der Waals surface area contributed by atoms with E-state index in [0.717, 1.165) is 24.2 Å². The fourth-order valence-electron chi connectivity index (χ4n) is 2.32. The van der Waals surface area contributed by atoms with Crippen LogP contribution in [0.1, 0.15) is 39.4 Å². The number of aromatic amines is 1. The van der Waals surface area contributed by atoms with Gasteiger partial charge in [-0.25, -0.2) is 4.98 Å². The van der Waals surface area contributed by atoms with Crippen molar-refractivity contribution in [1.29, 1.82) is 0 Å². The summed E-state index contributed by atoms with van der Waals surface area (Å²) >= 11 is 0. The van der Waals surface area contributed by atoms with E-state index in [1.165, 1.54) is 0 Å². The normalized spacial score (nSPS) is 12.0. The van der Waals surface area contributed by atoms with Crippen LogP contribution in [0.2, 0.25) is 0 Å². The summed E-state index contributed by atoms with van der Waals surface area (Å²) in [5.41, 5.74) is 7.49. The summed E-state index contributed by atoms with van der Waals surface area (Å²) in [6.45, 7) is 7.41. The van der Waals surface area contributed by atoms with Gasteiger partial charge < -0.3 is 15.5 Å². The smallest absolute Gasteiger partial charge is 0.215 e. The number of ether oxygens (including phenoxy) is 1. The predicted molar refractivity (Wildman–Crippen MR) is 76.4 cm³/mol. The number of hydrogen-bond donors (Lipinski definition) is 2. The molecule has 2 aromatic heterocycles. The molecule has 0 atom stereocenters. The molecule has 0 aromatic carbocycles. The largest absolute Gasteiger partial charge is 0.478 e. The highest BCUT2D eigenvalue weighted by Crippen LogP contribution is 2.29. The predicted octanol–water partition coefficient (Wildman–Crippen LogP) is 2.37. The molecule has 2 aromatic rings. The molecule has 0 saturated carbocycles. The molecule has 2 heterocycles. The highest BCUT2D eigenvalue weighted by molar-refractivity contribution is 5.71. The lowest BCUT2D eigenvalue weighted by atomic mass is 9.82. The molecule has 0 saturated heterocycles. The summed E-state index contributed by atoms with van der Waals surface area (Å²) in [5, 5.41) is 0. The fourth-order valence-corrected chi connectivity index (χ4v) is 2.32. The van der Waals surface area contributed by atoms with Crippen LogP contribution >= 0.6 is 0 Å². The molecule has 104 valence electrons. The van der Waals surface area contributed by atoms with E-state index < -0.39 is 0 Å². The van der Waals surface area contributed by atoms with Crippen LogP contribution in [0.25, 0.3) is 11.2 Å². The van der Waals surface area contributed by atoms with Crippen LogP contribution in [-0.4, -0.2) is 28.1 Å². The zero-order chi connectivity index (χ0) is 13.9. The molecule has 0 amide bonds. The number of nitrogens with zero attached hydrogens (tertiary/aromatic N) is 2. The summed E-state index contributed by atoms with van der Waals surface area (Å²) in [5.74, 6) is 1.54. The number of imidazole rings is 1. The minimum atomic E-state index is -0.0908. The van der Waals surface area contributed by atoms with E-state index in [1.807, 2.05) is 19.1 Å². The Bertz CT molecular complexity index is 537. The minimum absolute atomic E-state index is 0.0908. The first-order valence-corrected chi connectivity index (χ1v) is 6.89. The van der Waals surface area contributed by atoms with Crippen molar-refractivity contribution in [2.24, 2.45) is 5.73 Å². The Kier molecular flexibility index (Phi) is 4.04. The van der Waals surface area contributed by atoms with Crippen LogP contribution in [0.3, 0.4) is 0 Å². The molecule has 2 rings (SSSR count). The maximum absolute atomic E-state index is 5.96. The molecule has 0 spiro atoms. The van der Waals surface area contributed by atoms with Gasteiger partial charge in [0.1, 0.15) is 5.82 Å². The molecule has 0 aliphatic rings. The number of nitrogens with one attached hydrogen (secondary N) is 1. The number of hydrogen-bond acceptors (Lipinski definition) is 4. The van der Waals surface area contributed by atoms with Gasteiger partial charge in [0.25, 0.3) is 0 Å². The summed E-state index contributed by atoms with van der Waals surface area (Å²) < 4.78 is 5.40. The molecule has 5 nitrogen and oxygen atoms in total. The van der Waals surface area contributed by atoms with Gasteiger partial charge >= 0.3 is 0 Å². The third kappa shape index (κ3) is 2.42. The number of aromatic nitrogens is 3. The van der Waals surface area contributed by atoms with E-state index in [9.17, 15) is 0 Å². The molecular weight excluding hydrogens is 240 g/mol. The second-order valence-corrected chi connectivity index (χ2v) is 4.73. The van der Waals surface area contributed by atoms with Gasteiger partial charge in [0.15, 0.2) is 5.65 Å². The van der Waals surface area contributed by atoms with Crippen LogP contribution in [0.15, 0.2) is 12.1 Å². The Labute approximate surface area is 113 Å². The summed E-state index contributed by atoms with van der Waals surface area (Å²) in [7, 11) is 0. The van der Waals surface area contributed by atoms with Crippen LogP contribution in [0, 0.1) is 0 Å². The maximum atomic E-state index is 5.96. The first kappa shape index (κ1) is 13.8. The molecule has 0 fully saturated rings. The first-order valence-electron chi connectivity index (χ1n) is 6.89. The van der Waals surface area contributed by atoms with E-state index in [-0.39, 0.29) is 5.41 Å². The van der Waals surface area contributed by atoms with E-state index in [0.29, 0.717) is 24.7 Å². The standard InChI is InChI=1S/C14H22N4O/c1-4-14(5-2,9-15)13-16-10-7-8-11(19-6-3)17-12(10)18-13/h7-8H,4-6,9,15H2,1-3H3,(H,16,17,18). The third-order valence-electron chi connectivity index (χ3n) is 3.86. The molecule has 5 heteroatoms. The summed E-state index contributed by atoms with van der Waals surface area (Å²) in [4.78, 5) is 12.4. The Hall–Kier alpha value is -1.62. The van der Waals surface area contributed by atoms with Crippen molar-refractivity contribution in [2.45, 2.75) is 39.0 Å². The van der Waals surface area contributed by atoms with Crippen molar-refractivity contribution in [1.82, 2.24) is 15.0 Å². The van der Waals surface area contributed by atoms with Crippen LogP contribution < -0.4 is 10.5 Å². The average Bonchev–Trinajstić information content (AvgIpc) is 2.85. The number of pyridine rings is 1. The molecule has 19 heavy (non-hydrogen) atoms. The Morgan fingerprint density at radius 1 is 1.21 bits per heavy atom. The van der Waals surface area contributed by atoms with Crippen molar-refractivity contribution in [3.63, 3.8) is 0 Å². The summed E-state index contributed by atoms with van der Waals surface area (Å²) in [6.07, 6.45) is 1.91. The third-order valence-corrected chi connectivity index (χ3v) is 3.86. The van der Waals surface area contributed by atoms with Crippen molar-refractivity contribution in [3.8, 4) is 5.88 Å². The van der Waals surface area contributed by atoms with Crippen molar-refractivity contribution in [3.05, 3.63) is 18.0 Å². The maximum Gasteiger partial charge on any atom is 0.215 e. The van der Waals surface area contributed by atoms with Gasteiger partial charge in [0.2, 0.25) is 5.88 Å². The van der Waals surface area contributed by atoms with E-state index in [1.54, 1.807) is 0 Å². The molecule has 0 aliphatic carbocycles. The molecule has 0 radical (unpaired) electrons. The number of fused-ring (bicyclic) bond motifs is 1. The van der Waals surface area contributed by atoms with Gasteiger partial charge in [-0.2, -0.15) is 4.98 Å². The van der Waals surface area contributed by atoms with Gasteiger partial charge in [-0.05, 0) is 25.8 Å².